The van der Waals surface area contributed by atoms with Crippen LogP contribution < -0.4 is 9.47 Å². The van der Waals surface area contributed by atoms with Crippen molar-refractivity contribution in [2.45, 2.75) is 18.8 Å². The Morgan fingerprint density at radius 1 is 0.968 bits per heavy atom. The normalized spacial score (nSPS) is 20.7. The van der Waals surface area contributed by atoms with Crippen molar-refractivity contribution < 1.29 is 19.1 Å². The molecule has 2 aliphatic heterocycles. The molecule has 2 fully saturated rings. The van der Waals surface area contributed by atoms with Crippen LogP contribution in [0.5, 0.6) is 11.5 Å². The second-order valence-corrected chi connectivity index (χ2v) is 8.51. The Morgan fingerprint density at radius 2 is 1.74 bits per heavy atom. The lowest BCUT2D eigenvalue weighted by Crippen LogP contribution is -2.37. The van der Waals surface area contributed by atoms with Gasteiger partial charge in [0, 0.05) is 54.3 Å². The van der Waals surface area contributed by atoms with Crippen LogP contribution in [0.3, 0.4) is 0 Å². The first kappa shape index (κ1) is 21.5. The Bertz CT molecular complexity index is 974. The van der Waals surface area contributed by atoms with E-state index in [1.165, 1.54) is 0 Å². The number of halogens is 1. The number of hydrogen-bond acceptors (Lipinski definition) is 4. The van der Waals surface area contributed by atoms with Crippen molar-refractivity contribution in [3.8, 4) is 11.5 Å². The van der Waals surface area contributed by atoms with Gasteiger partial charge in [-0.2, -0.15) is 0 Å². The molecule has 2 amide bonds. The third kappa shape index (κ3) is 4.35. The molecule has 0 bridgehead atoms. The minimum absolute atomic E-state index is 0.113. The van der Waals surface area contributed by atoms with Gasteiger partial charge in [0.1, 0.15) is 11.5 Å². The fourth-order valence-electron chi connectivity index (χ4n) is 4.64. The molecule has 7 heteroatoms. The molecule has 2 heterocycles. The minimum Gasteiger partial charge on any atom is -0.497 e. The zero-order valence-corrected chi connectivity index (χ0v) is 18.6. The molecule has 31 heavy (non-hydrogen) atoms. The van der Waals surface area contributed by atoms with Gasteiger partial charge < -0.3 is 19.3 Å². The zero-order valence-electron chi connectivity index (χ0n) is 17.8. The Morgan fingerprint density at radius 3 is 2.42 bits per heavy atom. The standard InChI is InChI=1S/C24H27ClN2O4/c1-30-18-8-9-19(22(13-18)31-2)20-14-27(23(28)16-6-5-7-17(25)12-16)15-21(20)24(29)26-10-3-4-11-26/h5-9,12-13,20-21H,3-4,10-11,14-15H2,1-2H3/t20-,21+/m0/s1. The van der Waals surface area contributed by atoms with Crippen LogP contribution in [-0.2, 0) is 4.79 Å². The summed E-state index contributed by atoms with van der Waals surface area (Å²) in [6, 6.07) is 12.6. The van der Waals surface area contributed by atoms with Gasteiger partial charge in [-0.05, 0) is 37.1 Å². The number of ether oxygens (including phenoxy) is 2. The van der Waals surface area contributed by atoms with E-state index < -0.39 is 0 Å². The van der Waals surface area contributed by atoms with Crippen molar-refractivity contribution in [2.75, 3.05) is 40.4 Å². The van der Waals surface area contributed by atoms with Gasteiger partial charge in [-0.25, -0.2) is 0 Å². The maximum Gasteiger partial charge on any atom is 0.253 e. The largest absolute Gasteiger partial charge is 0.497 e. The summed E-state index contributed by atoms with van der Waals surface area (Å²) in [6.45, 7) is 2.38. The number of nitrogens with zero attached hydrogens (tertiary/aromatic N) is 2. The number of likely N-dealkylation sites (tertiary alicyclic amines) is 2. The van der Waals surface area contributed by atoms with E-state index in [1.54, 1.807) is 43.4 Å². The summed E-state index contributed by atoms with van der Waals surface area (Å²) in [5.41, 5.74) is 1.45. The Balaban J connectivity index is 1.67. The number of benzene rings is 2. The second kappa shape index (κ2) is 9.18. The molecule has 2 aliphatic rings. The van der Waals surface area contributed by atoms with Crippen molar-refractivity contribution in [3.05, 3.63) is 58.6 Å². The summed E-state index contributed by atoms with van der Waals surface area (Å²) in [5.74, 6) is 0.882. The first-order valence-corrected chi connectivity index (χ1v) is 10.9. The molecule has 0 radical (unpaired) electrons. The van der Waals surface area contributed by atoms with Crippen molar-refractivity contribution in [1.29, 1.82) is 0 Å². The number of hydrogen-bond donors (Lipinski definition) is 0. The summed E-state index contributed by atoms with van der Waals surface area (Å²) >= 11 is 6.09. The van der Waals surface area contributed by atoms with Crippen LogP contribution in [0.1, 0.15) is 34.7 Å². The first-order valence-electron chi connectivity index (χ1n) is 10.6. The highest BCUT2D eigenvalue weighted by Gasteiger charge is 2.43. The van der Waals surface area contributed by atoms with Crippen LogP contribution in [0.4, 0.5) is 0 Å². The maximum absolute atomic E-state index is 13.4. The van der Waals surface area contributed by atoms with E-state index in [4.69, 9.17) is 21.1 Å². The second-order valence-electron chi connectivity index (χ2n) is 8.07. The highest BCUT2D eigenvalue weighted by molar-refractivity contribution is 6.30. The molecule has 0 aromatic heterocycles. The Labute approximate surface area is 187 Å². The molecule has 0 unspecified atom stereocenters. The van der Waals surface area contributed by atoms with Crippen molar-refractivity contribution in [2.24, 2.45) is 5.92 Å². The molecule has 2 aromatic rings. The molecule has 2 saturated heterocycles. The van der Waals surface area contributed by atoms with Gasteiger partial charge in [0.2, 0.25) is 5.91 Å². The maximum atomic E-state index is 13.4. The van der Waals surface area contributed by atoms with Crippen LogP contribution in [-0.4, -0.2) is 62.0 Å². The SMILES string of the molecule is COc1ccc([C@@H]2CN(C(=O)c3cccc(Cl)c3)C[C@H]2C(=O)N2CCCC2)c(OC)c1. The van der Waals surface area contributed by atoms with E-state index in [1.807, 2.05) is 23.1 Å². The number of amides is 2. The van der Waals surface area contributed by atoms with E-state index in [9.17, 15) is 9.59 Å². The molecular formula is C24H27ClN2O4. The summed E-state index contributed by atoms with van der Waals surface area (Å²) in [4.78, 5) is 30.3. The highest BCUT2D eigenvalue weighted by atomic mass is 35.5. The van der Waals surface area contributed by atoms with Crippen LogP contribution in [0.25, 0.3) is 0 Å². The van der Waals surface area contributed by atoms with Gasteiger partial charge in [-0.1, -0.05) is 23.7 Å². The van der Waals surface area contributed by atoms with Crippen molar-refractivity contribution >= 4 is 23.4 Å². The molecule has 6 nitrogen and oxygen atoms in total. The van der Waals surface area contributed by atoms with E-state index in [2.05, 4.69) is 0 Å². The third-order valence-corrected chi connectivity index (χ3v) is 6.49. The monoisotopic (exact) mass is 442 g/mol. The molecular weight excluding hydrogens is 416 g/mol. The van der Waals surface area contributed by atoms with Gasteiger partial charge in [-0.3, -0.25) is 9.59 Å². The molecule has 4 rings (SSSR count). The smallest absolute Gasteiger partial charge is 0.253 e. The van der Waals surface area contributed by atoms with Gasteiger partial charge in [0.25, 0.3) is 5.91 Å². The minimum atomic E-state index is -0.316. The number of carbonyl (C=O) groups excluding carboxylic acids is 2. The Kier molecular flexibility index (Phi) is 6.37. The van der Waals surface area contributed by atoms with Gasteiger partial charge >= 0.3 is 0 Å². The lowest BCUT2D eigenvalue weighted by molar-refractivity contribution is -0.134. The van der Waals surface area contributed by atoms with Gasteiger partial charge in [-0.15, -0.1) is 0 Å². The molecule has 0 aliphatic carbocycles. The fourth-order valence-corrected chi connectivity index (χ4v) is 4.83. The average molecular weight is 443 g/mol. The Hall–Kier alpha value is -2.73. The first-order chi connectivity index (χ1) is 15.0. The van der Waals surface area contributed by atoms with Crippen molar-refractivity contribution in [3.63, 3.8) is 0 Å². The van der Waals surface area contributed by atoms with Crippen molar-refractivity contribution in [1.82, 2.24) is 9.80 Å². The topological polar surface area (TPSA) is 59.1 Å². The molecule has 0 spiro atoms. The van der Waals surface area contributed by atoms with E-state index in [0.29, 0.717) is 35.2 Å². The molecule has 2 aromatic carbocycles. The molecule has 2 atom stereocenters. The summed E-state index contributed by atoms with van der Waals surface area (Å²) < 4.78 is 11.0. The summed E-state index contributed by atoms with van der Waals surface area (Å²) in [7, 11) is 3.22. The fraction of sp³-hybridized carbons (Fsp3) is 0.417. The quantitative estimate of drug-likeness (QED) is 0.706. The van der Waals surface area contributed by atoms with Crippen LogP contribution in [0.15, 0.2) is 42.5 Å². The molecule has 164 valence electrons. The zero-order chi connectivity index (χ0) is 22.0. The predicted octanol–water partition coefficient (Wildman–Crippen LogP) is 3.84. The van der Waals surface area contributed by atoms with Gasteiger partial charge in [0.15, 0.2) is 0 Å². The van der Waals surface area contributed by atoms with Crippen LogP contribution in [0, 0.1) is 5.92 Å². The third-order valence-electron chi connectivity index (χ3n) is 6.25. The van der Waals surface area contributed by atoms with Crippen LogP contribution >= 0.6 is 11.6 Å². The molecule has 0 N–H and O–H groups in total. The number of rotatable bonds is 5. The lowest BCUT2D eigenvalue weighted by Gasteiger charge is -2.25. The van der Waals surface area contributed by atoms with Crippen LogP contribution in [0.2, 0.25) is 5.02 Å². The lowest BCUT2D eigenvalue weighted by atomic mass is 9.87. The summed E-state index contributed by atoms with van der Waals surface area (Å²) in [6.07, 6.45) is 2.06. The van der Waals surface area contributed by atoms with E-state index >= 15 is 0 Å². The molecule has 0 saturated carbocycles. The van der Waals surface area contributed by atoms with E-state index in [-0.39, 0.29) is 23.7 Å². The average Bonchev–Trinajstić information content (AvgIpc) is 3.48. The highest BCUT2D eigenvalue weighted by Crippen LogP contribution is 2.40. The predicted molar refractivity (Wildman–Crippen MR) is 119 cm³/mol. The number of carbonyl (C=O) groups is 2. The number of methoxy groups -OCH3 is 2. The summed E-state index contributed by atoms with van der Waals surface area (Å²) in [5, 5.41) is 0.517. The van der Waals surface area contributed by atoms with Gasteiger partial charge in [0.05, 0.1) is 20.1 Å². The van der Waals surface area contributed by atoms with E-state index in [0.717, 1.165) is 31.5 Å².